The third-order valence-electron chi connectivity index (χ3n) is 1.45. The van der Waals surface area contributed by atoms with Crippen molar-refractivity contribution in [2.75, 3.05) is 6.61 Å². The van der Waals surface area contributed by atoms with Gasteiger partial charge in [-0.05, 0) is 22.0 Å². The summed E-state index contributed by atoms with van der Waals surface area (Å²) in [5.41, 5.74) is 0. The van der Waals surface area contributed by atoms with Crippen LogP contribution in [0, 0.1) is 0 Å². The van der Waals surface area contributed by atoms with Gasteiger partial charge in [0.1, 0.15) is 0 Å². The van der Waals surface area contributed by atoms with Crippen molar-refractivity contribution in [1.29, 1.82) is 0 Å². The maximum Gasteiger partial charge on any atom is 0.0858 e. The highest BCUT2D eigenvalue weighted by Crippen LogP contribution is 2.24. The molecule has 0 N–H and O–H groups in total. The van der Waals surface area contributed by atoms with Crippen molar-refractivity contribution >= 4 is 27.3 Å². The Kier molecular flexibility index (Phi) is 1.80. The smallest absolute Gasteiger partial charge is 0.0858 e. The van der Waals surface area contributed by atoms with Crippen molar-refractivity contribution < 1.29 is 4.74 Å². The highest BCUT2D eigenvalue weighted by Gasteiger charge is 2.22. The molecule has 1 aromatic rings. The van der Waals surface area contributed by atoms with Crippen LogP contribution in [0.25, 0.3) is 0 Å². The second-order valence-electron chi connectivity index (χ2n) is 2.39. The lowest BCUT2D eigenvalue weighted by Gasteiger charge is -1.86. The third-order valence-corrected chi connectivity index (χ3v) is 3.17. The van der Waals surface area contributed by atoms with Gasteiger partial charge in [0.2, 0.25) is 0 Å². The van der Waals surface area contributed by atoms with Crippen LogP contribution in [0.15, 0.2) is 15.9 Å². The van der Waals surface area contributed by atoms with Crippen molar-refractivity contribution in [3.8, 4) is 0 Å². The van der Waals surface area contributed by atoms with Crippen LogP contribution >= 0.6 is 27.3 Å². The van der Waals surface area contributed by atoms with Crippen molar-refractivity contribution in [3.63, 3.8) is 0 Å². The summed E-state index contributed by atoms with van der Waals surface area (Å²) in [5, 5.41) is 2.11. The molecule has 0 amide bonds. The van der Waals surface area contributed by atoms with Gasteiger partial charge in [-0.1, -0.05) is 0 Å². The van der Waals surface area contributed by atoms with Gasteiger partial charge in [0.25, 0.3) is 0 Å². The summed E-state index contributed by atoms with van der Waals surface area (Å²) in [5.74, 6) is 0. The Morgan fingerprint density at radius 1 is 1.80 bits per heavy atom. The van der Waals surface area contributed by atoms with E-state index in [-0.39, 0.29) is 0 Å². The fourth-order valence-electron chi connectivity index (χ4n) is 0.871. The van der Waals surface area contributed by atoms with E-state index >= 15 is 0 Å². The van der Waals surface area contributed by atoms with E-state index in [1.165, 1.54) is 9.35 Å². The molecule has 0 aliphatic carbocycles. The number of thiophene rings is 1. The van der Waals surface area contributed by atoms with E-state index in [4.69, 9.17) is 4.74 Å². The molecule has 1 aliphatic heterocycles. The second kappa shape index (κ2) is 2.64. The van der Waals surface area contributed by atoms with E-state index in [0.29, 0.717) is 6.10 Å². The normalized spacial score (nSPS) is 23.1. The van der Waals surface area contributed by atoms with Crippen molar-refractivity contribution in [3.05, 3.63) is 20.8 Å². The molecule has 0 saturated carbocycles. The lowest BCUT2D eigenvalue weighted by Crippen LogP contribution is -1.87. The standard InChI is InChI=1S/C7H7BrOS/c8-5-1-7(10-4-5)2-6-3-9-6/h1,4,6H,2-3H2. The number of hydrogen-bond donors (Lipinski definition) is 0. The van der Waals surface area contributed by atoms with Gasteiger partial charge in [-0.25, -0.2) is 0 Å². The van der Waals surface area contributed by atoms with Crippen LogP contribution in [0.5, 0.6) is 0 Å². The summed E-state index contributed by atoms with van der Waals surface area (Å²) in [6, 6.07) is 2.16. The first-order chi connectivity index (χ1) is 4.84. The first kappa shape index (κ1) is 6.83. The molecule has 3 heteroatoms. The highest BCUT2D eigenvalue weighted by molar-refractivity contribution is 9.10. The minimum Gasteiger partial charge on any atom is -0.373 e. The number of hydrogen-bond acceptors (Lipinski definition) is 2. The number of epoxide rings is 1. The van der Waals surface area contributed by atoms with Crippen molar-refractivity contribution in [2.45, 2.75) is 12.5 Å². The van der Waals surface area contributed by atoms with Crippen LogP contribution in [-0.4, -0.2) is 12.7 Å². The molecule has 1 aromatic heterocycles. The first-order valence-corrected chi connectivity index (χ1v) is 4.86. The first-order valence-electron chi connectivity index (χ1n) is 3.19. The van der Waals surface area contributed by atoms with Gasteiger partial charge in [-0.2, -0.15) is 0 Å². The lowest BCUT2D eigenvalue weighted by atomic mass is 10.3. The fraction of sp³-hybridized carbons (Fsp3) is 0.429. The summed E-state index contributed by atoms with van der Waals surface area (Å²) in [6.45, 7) is 0.954. The quantitative estimate of drug-likeness (QED) is 0.696. The monoisotopic (exact) mass is 218 g/mol. The summed E-state index contributed by atoms with van der Waals surface area (Å²) in [4.78, 5) is 1.41. The fourth-order valence-corrected chi connectivity index (χ4v) is 2.39. The molecule has 1 aliphatic rings. The average molecular weight is 219 g/mol. The van der Waals surface area contributed by atoms with E-state index in [0.717, 1.165) is 13.0 Å². The Balaban J connectivity index is 2.03. The number of ether oxygens (including phenoxy) is 1. The van der Waals surface area contributed by atoms with E-state index in [2.05, 4.69) is 27.4 Å². The molecule has 0 spiro atoms. The van der Waals surface area contributed by atoms with Gasteiger partial charge in [-0.15, -0.1) is 11.3 Å². The molecule has 1 nitrogen and oxygen atoms in total. The second-order valence-corrected chi connectivity index (χ2v) is 4.30. The van der Waals surface area contributed by atoms with Gasteiger partial charge in [0, 0.05) is 21.2 Å². The van der Waals surface area contributed by atoms with E-state index in [9.17, 15) is 0 Å². The summed E-state index contributed by atoms with van der Waals surface area (Å²) in [7, 11) is 0. The zero-order chi connectivity index (χ0) is 6.97. The molecule has 0 bridgehead atoms. The molecule has 10 heavy (non-hydrogen) atoms. The van der Waals surface area contributed by atoms with E-state index < -0.39 is 0 Å². The third kappa shape index (κ3) is 1.59. The SMILES string of the molecule is Brc1csc(CC2CO2)c1. The zero-order valence-electron chi connectivity index (χ0n) is 5.34. The summed E-state index contributed by atoms with van der Waals surface area (Å²) in [6.07, 6.45) is 1.61. The van der Waals surface area contributed by atoms with E-state index in [1.807, 2.05) is 0 Å². The van der Waals surface area contributed by atoms with Crippen LogP contribution in [0.3, 0.4) is 0 Å². The van der Waals surface area contributed by atoms with Crippen LogP contribution in [0.1, 0.15) is 4.88 Å². The van der Waals surface area contributed by atoms with Gasteiger partial charge in [0.05, 0.1) is 12.7 Å². The molecular formula is C7H7BrOS. The highest BCUT2D eigenvalue weighted by atomic mass is 79.9. The average Bonchev–Trinajstić information content (AvgIpc) is 2.59. The van der Waals surface area contributed by atoms with Gasteiger partial charge >= 0.3 is 0 Å². The van der Waals surface area contributed by atoms with Crippen LogP contribution in [0.4, 0.5) is 0 Å². The molecular weight excluding hydrogens is 212 g/mol. The molecule has 2 rings (SSSR count). The Morgan fingerprint density at radius 2 is 2.60 bits per heavy atom. The van der Waals surface area contributed by atoms with Crippen molar-refractivity contribution in [1.82, 2.24) is 0 Å². The molecule has 1 atom stereocenters. The summed E-state index contributed by atoms with van der Waals surface area (Å²) < 4.78 is 6.30. The van der Waals surface area contributed by atoms with Gasteiger partial charge < -0.3 is 4.74 Å². The Bertz CT molecular complexity index is 229. The Hall–Kier alpha value is 0.140. The topological polar surface area (TPSA) is 12.5 Å². The lowest BCUT2D eigenvalue weighted by molar-refractivity contribution is 0.408. The minimum absolute atomic E-state index is 0.519. The predicted octanol–water partition coefficient (Wildman–Crippen LogP) is 2.45. The largest absolute Gasteiger partial charge is 0.373 e. The maximum absolute atomic E-state index is 5.11. The number of rotatable bonds is 2. The van der Waals surface area contributed by atoms with Gasteiger partial charge in [-0.3, -0.25) is 0 Å². The molecule has 1 fully saturated rings. The van der Waals surface area contributed by atoms with Crippen LogP contribution < -0.4 is 0 Å². The van der Waals surface area contributed by atoms with Gasteiger partial charge in [0.15, 0.2) is 0 Å². The molecule has 1 saturated heterocycles. The molecule has 1 unspecified atom stereocenters. The predicted molar refractivity (Wildman–Crippen MR) is 45.5 cm³/mol. The molecule has 2 heterocycles. The molecule has 0 radical (unpaired) electrons. The maximum atomic E-state index is 5.11. The van der Waals surface area contributed by atoms with Crippen LogP contribution in [0.2, 0.25) is 0 Å². The zero-order valence-corrected chi connectivity index (χ0v) is 7.74. The Morgan fingerprint density at radius 3 is 3.10 bits per heavy atom. The molecule has 0 aromatic carbocycles. The number of halogens is 1. The van der Waals surface area contributed by atoms with E-state index in [1.54, 1.807) is 11.3 Å². The Labute approximate surface area is 72.1 Å². The van der Waals surface area contributed by atoms with Crippen molar-refractivity contribution in [2.24, 2.45) is 0 Å². The molecule has 54 valence electrons. The minimum atomic E-state index is 0.519. The summed E-state index contributed by atoms with van der Waals surface area (Å²) >= 11 is 5.20. The van der Waals surface area contributed by atoms with Crippen LogP contribution in [-0.2, 0) is 11.2 Å².